The van der Waals surface area contributed by atoms with Crippen LogP contribution in [0.25, 0.3) is 11.3 Å². The van der Waals surface area contributed by atoms with E-state index in [0.29, 0.717) is 22.2 Å². The normalized spacial score (nSPS) is 12.9. The van der Waals surface area contributed by atoms with E-state index in [9.17, 15) is 4.79 Å². The van der Waals surface area contributed by atoms with Gasteiger partial charge in [-0.05, 0) is 61.1 Å². The number of carbonyl (C=O) groups is 1. The molecule has 1 N–H and O–H groups in total. The Morgan fingerprint density at radius 3 is 2.64 bits per heavy atom. The molecule has 5 nitrogen and oxygen atoms in total. The van der Waals surface area contributed by atoms with Gasteiger partial charge in [0.25, 0.3) is 5.91 Å². The number of rotatable bonds is 5. The molecule has 0 saturated carbocycles. The molecule has 2 aromatic carbocycles. The first-order valence-corrected chi connectivity index (χ1v) is 10.2. The Labute approximate surface area is 168 Å². The molecular formula is C22H22N2O3S. The van der Waals surface area contributed by atoms with Crippen molar-refractivity contribution in [2.75, 3.05) is 19.5 Å². The summed E-state index contributed by atoms with van der Waals surface area (Å²) >= 11 is 1.41. The molecule has 28 heavy (non-hydrogen) atoms. The first-order chi connectivity index (χ1) is 13.7. The fourth-order valence-corrected chi connectivity index (χ4v) is 4.23. The maximum atomic E-state index is 12.7. The smallest absolute Gasteiger partial charge is 0.261 e. The second-order valence-corrected chi connectivity index (χ2v) is 7.61. The van der Waals surface area contributed by atoms with Crippen LogP contribution in [-0.2, 0) is 12.8 Å². The molecule has 0 atom stereocenters. The van der Waals surface area contributed by atoms with Crippen LogP contribution in [0.5, 0.6) is 11.5 Å². The van der Waals surface area contributed by atoms with Gasteiger partial charge < -0.3 is 9.47 Å². The predicted octanol–water partition coefficient (Wildman–Crippen LogP) is 4.96. The third-order valence-corrected chi connectivity index (χ3v) is 5.78. The second kappa shape index (κ2) is 8.02. The molecule has 144 valence electrons. The number of hydrogen-bond donors (Lipinski definition) is 1. The highest BCUT2D eigenvalue weighted by Gasteiger charge is 2.16. The maximum Gasteiger partial charge on any atom is 0.261 e. The summed E-state index contributed by atoms with van der Waals surface area (Å²) in [6, 6.07) is 11.7. The van der Waals surface area contributed by atoms with Gasteiger partial charge in [-0.2, -0.15) is 0 Å². The minimum atomic E-state index is -0.276. The predicted molar refractivity (Wildman–Crippen MR) is 112 cm³/mol. The van der Waals surface area contributed by atoms with Gasteiger partial charge in [0, 0.05) is 10.9 Å². The molecule has 3 aromatic rings. The molecule has 0 saturated heterocycles. The number of nitrogens with zero attached hydrogens (tertiary/aromatic N) is 1. The average molecular weight is 394 g/mol. The van der Waals surface area contributed by atoms with E-state index >= 15 is 0 Å². The summed E-state index contributed by atoms with van der Waals surface area (Å²) in [6.45, 7) is 0. The van der Waals surface area contributed by atoms with E-state index < -0.39 is 0 Å². The number of hydrogen-bond acceptors (Lipinski definition) is 5. The summed E-state index contributed by atoms with van der Waals surface area (Å²) < 4.78 is 10.5. The summed E-state index contributed by atoms with van der Waals surface area (Å²) in [5, 5.41) is 5.40. The molecule has 1 aromatic heterocycles. The lowest BCUT2D eigenvalue weighted by atomic mass is 9.90. The number of aromatic nitrogens is 1. The molecule has 0 radical (unpaired) electrons. The number of aryl methyl sites for hydroxylation is 2. The zero-order valence-corrected chi connectivity index (χ0v) is 16.8. The van der Waals surface area contributed by atoms with Gasteiger partial charge in [-0.15, -0.1) is 11.3 Å². The second-order valence-electron chi connectivity index (χ2n) is 6.75. The summed E-state index contributed by atoms with van der Waals surface area (Å²) in [5.41, 5.74) is 5.25. The molecule has 4 rings (SSSR count). The van der Waals surface area contributed by atoms with E-state index in [4.69, 9.17) is 9.47 Å². The maximum absolute atomic E-state index is 12.7. The fourth-order valence-electron chi connectivity index (χ4n) is 3.51. The number of methoxy groups -OCH3 is 2. The van der Waals surface area contributed by atoms with Crippen molar-refractivity contribution >= 4 is 22.4 Å². The lowest BCUT2D eigenvalue weighted by Crippen LogP contribution is -2.13. The van der Waals surface area contributed by atoms with Crippen LogP contribution in [0, 0.1) is 0 Å². The minimum absolute atomic E-state index is 0.276. The van der Waals surface area contributed by atoms with Crippen LogP contribution in [0.1, 0.15) is 34.3 Å². The number of anilines is 1. The van der Waals surface area contributed by atoms with Crippen LogP contribution >= 0.6 is 11.3 Å². The Balaban J connectivity index is 1.55. The SMILES string of the molecule is COc1ccc(OC)c(C(=O)Nc2nc(-c3ccc4c(c3)CCCC4)cs2)c1. The number of thiazole rings is 1. The standard InChI is InChI=1S/C22H22N2O3S/c1-26-17-9-10-20(27-2)18(12-17)21(25)24-22-23-19(13-28-22)16-8-7-14-5-3-4-6-15(14)11-16/h7-13H,3-6H2,1-2H3,(H,23,24,25). The summed E-state index contributed by atoms with van der Waals surface area (Å²) in [5.74, 6) is 0.812. The van der Waals surface area contributed by atoms with Crippen molar-refractivity contribution in [3.63, 3.8) is 0 Å². The summed E-state index contributed by atoms with van der Waals surface area (Å²) in [4.78, 5) is 17.3. The number of fused-ring (bicyclic) bond motifs is 1. The molecule has 1 heterocycles. The van der Waals surface area contributed by atoms with Crippen molar-refractivity contribution in [1.29, 1.82) is 0 Å². The zero-order valence-electron chi connectivity index (χ0n) is 16.0. The molecule has 0 unspecified atom stereocenters. The van der Waals surface area contributed by atoms with Gasteiger partial charge in [0.1, 0.15) is 11.5 Å². The van der Waals surface area contributed by atoms with Crippen LogP contribution in [0.15, 0.2) is 41.8 Å². The summed E-state index contributed by atoms with van der Waals surface area (Å²) in [6.07, 6.45) is 4.81. The molecule has 1 aliphatic carbocycles. The Morgan fingerprint density at radius 1 is 1.04 bits per heavy atom. The van der Waals surface area contributed by atoms with Crippen LogP contribution in [-0.4, -0.2) is 25.1 Å². The average Bonchev–Trinajstić information content (AvgIpc) is 3.21. The molecule has 1 amide bonds. The quantitative estimate of drug-likeness (QED) is 0.665. The molecule has 0 bridgehead atoms. The van der Waals surface area contributed by atoms with Gasteiger partial charge in [0.05, 0.1) is 25.5 Å². The van der Waals surface area contributed by atoms with Crippen molar-refractivity contribution in [3.05, 3.63) is 58.5 Å². The third kappa shape index (κ3) is 3.73. The first-order valence-electron chi connectivity index (χ1n) is 9.29. The molecule has 6 heteroatoms. The van der Waals surface area contributed by atoms with Gasteiger partial charge in [-0.25, -0.2) is 4.98 Å². The van der Waals surface area contributed by atoms with E-state index in [2.05, 4.69) is 28.5 Å². The zero-order chi connectivity index (χ0) is 19.5. The third-order valence-electron chi connectivity index (χ3n) is 5.02. The van der Waals surface area contributed by atoms with Gasteiger partial charge in [-0.3, -0.25) is 10.1 Å². The van der Waals surface area contributed by atoms with E-state index in [1.165, 1.54) is 42.4 Å². The number of carbonyl (C=O) groups excluding carboxylic acids is 1. The van der Waals surface area contributed by atoms with Gasteiger partial charge in [0.15, 0.2) is 5.13 Å². The Morgan fingerprint density at radius 2 is 1.86 bits per heavy atom. The van der Waals surface area contributed by atoms with E-state index in [1.807, 2.05) is 5.38 Å². The lowest BCUT2D eigenvalue weighted by molar-refractivity contribution is 0.102. The van der Waals surface area contributed by atoms with Crippen molar-refractivity contribution in [2.24, 2.45) is 0 Å². The monoisotopic (exact) mass is 394 g/mol. The molecule has 1 aliphatic rings. The highest BCUT2D eigenvalue weighted by Crippen LogP contribution is 2.30. The van der Waals surface area contributed by atoms with Crippen molar-refractivity contribution in [2.45, 2.75) is 25.7 Å². The molecular weight excluding hydrogens is 372 g/mol. The van der Waals surface area contributed by atoms with Crippen molar-refractivity contribution in [1.82, 2.24) is 4.98 Å². The molecule has 0 fully saturated rings. The highest BCUT2D eigenvalue weighted by atomic mass is 32.1. The van der Waals surface area contributed by atoms with Crippen LogP contribution in [0.2, 0.25) is 0 Å². The highest BCUT2D eigenvalue weighted by molar-refractivity contribution is 7.14. The van der Waals surface area contributed by atoms with Gasteiger partial charge >= 0.3 is 0 Å². The van der Waals surface area contributed by atoms with Crippen molar-refractivity contribution in [3.8, 4) is 22.8 Å². The number of nitrogens with one attached hydrogen (secondary N) is 1. The fraction of sp³-hybridized carbons (Fsp3) is 0.273. The van der Waals surface area contributed by atoms with Crippen LogP contribution in [0.4, 0.5) is 5.13 Å². The lowest BCUT2D eigenvalue weighted by Gasteiger charge is -2.16. The minimum Gasteiger partial charge on any atom is -0.497 e. The number of ether oxygens (including phenoxy) is 2. The molecule has 0 spiro atoms. The largest absolute Gasteiger partial charge is 0.497 e. The van der Waals surface area contributed by atoms with Crippen LogP contribution < -0.4 is 14.8 Å². The van der Waals surface area contributed by atoms with Crippen LogP contribution in [0.3, 0.4) is 0 Å². The number of amides is 1. The number of benzene rings is 2. The van der Waals surface area contributed by atoms with E-state index in [-0.39, 0.29) is 5.91 Å². The summed E-state index contributed by atoms with van der Waals surface area (Å²) in [7, 11) is 3.10. The Bertz CT molecular complexity index is 1010. The van der Waals surface area contributed by atoms with E-state index in [1.54, 1.807) is 25.3 Å². The molecule has 0 aliphatic heterocycles. The topological polar surface area (TPSA) is 60.5 Å². The van der Waals surface area contributed by atoms with Gasteiger partial charge in [-0.1, -0.05) is 12.1 Å². The van der Waals surface area contributed by atoms with Crippen molar-refractivity contribution < 1.29 is 14.3 Å². The Kier molecular flexibility index (Phi) is 5.30. The Hall–Kier alpha value is -2.86. The van der Waals surface area contributed by atoms with E-state index in [0.717, 1.165) is 24.1 Å². The van der Waals surface area contributed by atoms with Gasteiger partial charge in [0.2, 0.25) is 0 Å². The first kappa shape index (κ1) is 18.5.